The number of carbonyl (C=O) groups excluding carboxylic acids is 2. The van der Waals surface area contributed by atoms with Crippen LogP contribution in [0.4, 0.5) is 5.69 Å². The molecule has 2 aromatic carbocycles. The van der Waals surface area contributed by atoms with Gasteiger partial charge in [0.1, 0.15) is 12.2 Å². The van der Waals surface area contributed by atoms with Gasteiger partial charge in [-0.05, 0) is 43.0 Å². The van der Waals surface area contributed by atoms with Crippen LogP contribution in [-0.2, 0) is 14.3 Å². The Bertz CT molecular complexity index is 1220. The van der Waals surface area contributed by atoms with Gasteiger partial charge in [0, 0.05) is 97.6 Å². The van der Waals surface area contributed by atoms with E-state index in [1.54, 1.807) is 43.4 Å². The van der Waals surface area contributed by atoms with Crippen molar-refractivity contribution in [2.75, 3.05) is 45.4 Å². The van der Waals surface area contributed by atoms with Gasteiger partial charge >= 0.3 is 0 Å². The molecule has 2 aromatic rings. The topological polar surface area (TPSA) is 88.5 Å². The third kappa shape index (κ3) is 7.78. The van der Waals surface area contributed by atoms with Crippen LogP contribution in [0.5, 0.6) is 11.5 Å². The minimum Gasteiger partial charge on any atom is -0.493 e. The van der Waals surface area contributed by atoms with E-state index in [0.29, 0.717) is 52.3 Å². The molecule has 10 heteroatoms. The second kappa shape index (κ2) is 14.9. The minimum absolute atomic E-state index is 0. The third-order valence-electron chi connectivity index (χ3n) is 8.04. The smallest absolute Gasteiger partial charge is 0.256 e. The second-order valence-corrected chi connectivity index (χ2v) is 11.9. The number of carbonyl (C=O) groups is 2. The van der Waals surface area contributed by atoms with Crippen LogP contribution < -0.4 is 14.4 Å². The van der Waals surface area contributed by atoms with Gasteiger partial charge < -0.3 is 29.1 Å². The number of likely N-dealkylation sites (tertiary alicyclic amines) is 1. The molecule has 2 heterocycles. The molecule has 1 fully saturated rings. The van der Waals surface area contributed by atoms with Crippen molar-refractivity contribution in [3.8, 4) is 11.5 Å². The van der Waals surface area contributed by atoms with Crippen molar-refractivity contribution < 1.29 is 73.0 Å². The first kappa shape index (κ1) is 34.1. The van der Waals surface area contributed by atoms with E-state index in [1.807, 2.05) is 30.9 Å². The van der Waals surface area contributed by atoms with E-state index in [-0.39, 0.29) is 75.4 Å². The number of aliphatic hydroxyl groups is 1. The molecule has 8 nitrogen and oxygen atoms in total. The Morgan fingerprint density at radius 3 is 2.44 bits per heavy atom. The number of piperidine rings is 1. The predicted molar refractivity (Wildman–Crippen MR) is 155 cm³/mol. The van der Waals surface area contributed by atoms with Gasteiger partial charge in [0.25, 0.3) is 5.91 Å². The fourth-order valence-electron chi connectivity index (χ4n) is 5.58. The van der Waals surface area contributed by atoms with Crippen LogP contribution in [0.15, 0.2) is 36.4 Å². The number of ether oxygens (including phenoxy) is 3. The van der Waals surface area contributed by atoms with Crippen molar-refractivity contribution >= 4 is 29.1 Å². The summed E-state index contributed by atoms with van der Waals surface area (Å²) in [5.41, 5.74) is 1.34. The van der Waals surface area contributed by atoms with Crippen LogP contribution in [0.25, 0.3) is 0 Å². The number of para-hydroxylation sites is 1. The molecule has 2 atom stereocenters. The summed E-state index contributed by atoms with van der Waals surface area (Å²) in [6.07, 6.45) is 1.12. The number of benzene rings is 2. The first-order chi connectivity index (χ1) is 19.1. The molecule has 0 saturated carbocycles. The van der Waals surface area contributed by atoms with Gasteiger partial charge in [0.05, 0.1) is 20.6 Å². The fraction of sp³-hybridized carbons (Fsp3) is 0.548. The van der Waals surface area contributed by atoms with Gasteiger partial charge in [-0.3, -0.25) is 9.59 Å². The van der Waals surface area contributed by atoms with Gasteiger partial charge in [-0.1, -0.05) is 50.9 Å². The number of methoxy groups -OCH3 is 2. The molecule has 4 rings (SSSR count). The van der Waals surface area contributed by atoms with E-state index in [4.69, 9.17) is 25.8 Å². The molecular formula is C31H41AcClN2O6. The van der Waals surface area contributed by atoms with E-state index in [2.05, 4.69) is 6.92 Å². The summed E-state index contributed by atoms with van der Waals surface area (Å²) in [6.45, 7) is 7.44. The molecule has 1 saturated heterocycles. The van der Waals surface area contributed by atoms with Crippen LogP contribution in [0.3, 0.4) is 0 Å². The molecule has 41 heavy (non-hydrogen) atoms. The fourth-order valence-corrected chi connectivity index (χ4v) is 5.76. The van der Waals surface area contributed by atoms with Crippen molar-refractivity contribution in [2.24, 2.45) is 11.3 Å². The molecule has 0 spiro atoms. The van der Waals surface area contributed by atoms with Gasteiger partial charge in [-0.15, -0.1) is 0 Å². The normalized spacial score (nSPS) is 19.7. The van der Waals surface area contributed by atoms with Gasteiger partial charge in [-0.25, -0.2) is 0 Å². The maximum absolute atomic E-state index is 14.2. The standard InChI is InChI=1S/C31H41ClN2O6.Ac/c1-6-20-12-14-33(15-13-20)27(36)17-26-30(37)34(18-31(2,3)19-35)24-11-10-21(32)16-23(24)28(40-26)22-8-7-9-25(38-4)29(22)39-5;/h7-11,16,20,26,28,35H,6,12-15,17-19H2,1-5H3;/t26-,28-;/m1./s1. The summed E-state index contributed by atoms with van der Waals surface area (Å²) < 4.78 is 17.9. The Hall–Kier alpha value is -1.37. The van der Waals surface area contributed by atoms with Crippen LogP contribution in [-0.4, -0.2) is 68.4 Å². The molecule has 1 radical (unpaired) electrons. The summed E-state index contributed by atoms with van der Waals surface area (Å²) in [4.78, 5) is 31.2. The van der Waals surface area contributed by atoms with Crippen LogP contribution in [0.2, 0.25) is 5.02 Å². The van der Waals surface area contributed by atoms with Crippen molar-refractivity contribution in [3.05, 3.63) is 52.5 Å². The Morgan fingerprint density at radius 1 is 1.12 bits per heavy atom. The van der Waals surface area contributed by atoms with E-state index in [1.165, 1.54) is 0 Å². The average Bonchev–Trinajstić information content (AvgIpc) is 3.06. The number of rotatable bonds is 9. The molecule has 0 unspecified atom stereocenters. The summed E-state index contributed by atoms with van der Waals surface area (Å²) in [6, 6.07) is 10.8. The Morgan fingerprint density at radius 2 is 1.83 bits per heavy atom. The SMILES string of the molecule is CCC1CCN(C(=O)C[C@H]2O[C@H](c3cccc(OC)c3OC)c3cc(Cl)ccc3N(CC(C)(C)CO)C2=O)CC1.[Ac]. The molecule has 0 bridgehead atoms. The summed E-state index contributed by atoms with van der Waals surface area (Å²) >= 11 is 6.49. The van der Waals surface area contributed by atoms with Crippen LogP contribution >= 0.6 is 11.6 Å². The molecular weight excluding hydrogens is 759 g/mol. The largest absolute Gasteiger partial charge is 0.493 e. The van der Waals surface area contributed by atoms with E-state index >= 15 is 0 Å². The second-order valence-electron chi connectivity index (χ2n) is 11.5. The zero-order valence-corrected chi connectivity index (χ0v) is 30.2. The van der Waals surface area contributed by atoms with Gasteiger partial charge in [0.15, 0.2) is 11.5 Å². The first-order valence-electron chi connectivity index (χ1n) is 14.0. The quantitative estimate of drug-likeness (QED) is 0.374. The Kier molecular flexibility index (Phi) is 12.4. The zero-order chi connectivity index (χ0) is 29.0. The van der Waals surface area contributed by atoms with Crippen molar-refractivity contribution in [1.29, 1.82) is 0 Å². The summed E-state index contributed by atoms with van der Waals surface area (Å²) in [5.74, 6) is 1.19. The van der Waals surface area contributed by atoms with Crippen LogP contribution in [0.1, 0.15) is 63.7 Å². The summed E-state index contributed by atoms with van der Waals surface area (Å²) in [7, 11) is 3.12. The van der Waals surface area contributed by atoms with E-state index in [0.717, 1.165) is 19.3 Å². The van der Waals surface area contributed by atoms with Crippen molar-refractivity contribution in [1.82, 2.24) is 4.90 Å². The molecule has 221 valence electrons. The Balaban J connectivity index is 0.00000462. The molecule has 0 aromatic heterocycles. The number of hydrogen-bond acceptors (Lipinski definition) is 6. The molecule has 0 aliphatic carbocycles. The Labute approximate surface area is 284 Å². The number of nitrogens with zero attached hydrogens (tertiary/aromatic N) is 2. The number of halogens is 1. The molecule has 2 aliphatic rings. The van der Waals surface area contributed by atoms with E-state index in [9.17, 15) is 14.7 Å². The maximum Gasteiger partial charge on any atom is 0.256 e. The predicted octanol–water partition coefficient (Wildman–Crippen LogP) is 5.24. The number of amides is 2. The third-order valence-corrected chi connectivity index (χ3v) is 8.27. The average molecular weight is 800 g/mol. The number of hydrogen-bond donors (Lipinski definition) is 1. The van der Waals surface area contributed by atoms with Crippen LogP contribution in [0, 0.1) is 55.4 Å². The maximum atomic E-state index is 14.2. The van der Waals surface area contributed by atoms with Crippen molar-refractivity contribution in [3.63, 3.8) is 0 Å². The van der Waals surface area contributed by atoms with Gasteiger partial charge in [-0.2, -0.15) is 0 Å². The monoisotopic (exact) mass is 799 g/mol. The number of aliphatic hydroxyl groups excluding tert-OH is 1. The summed E-state index contributed by atoms with van der Waals surface area (Å²) in [5, 5.41) is 10.6. The minimum atomic E-state index is -1.06. The van der Waals surface area contributed by atoms with Crippen molar-refractivity contribution in [2.45, 2.75) is 58.7 Å². The molecule has 2 amide bonds. The number of anilines is 1. The van der Waals surface area contributed by atoms with E-state index < -0.39 is 17.6 Å². The van der Waals surface area contributed by atoms with Gasteiger partial charge in [0.2, 0.25) is 5.91 Å². The molecule has 1 N–H and O–H groups in total. The number of fused-ring (bicyclic) bond motifs is 1. The first-order valence-corrected chi connectivity index (χ1v) is 14.4. The zero-order valence-electron chi connectivity index (χ0n) is 24.7. The molecule has 2 aliphatic heterocycles.